The molecule has 0 aromatic heterocycles. The average molecular weight is 366 g/mol. The van der Waals surface area contributed by atoms with E-state index >= 15 is 0 Å². The van der Waals surface area contributed by atoms with Gasteiger partial charge in [0, 0.05) is 5.92 Å². The highest BCUT2D eigenvalue weighted by Crippen LogP contribution is 2.44. The molecule has 1 heterocycles. The number of hydrogen-bond donors (Lipinski definition) is 0. The molecule has 0 radical (unpaired) electrons. The van der Waals surface area contributed by atoms with E-state index in [-0.39, 0.29) is 25.2 Å². The number of amides is 1. The number of nitrogens with zero attached hydrogens (tertiary/aromatic N) is 1. The van der Waals surface area contributed by atoms with Gasteiger partial charge in [0.05, 0.1) is 0 Å². The lowest BCUT2D eigenvalue weighted by atomic mass is 9.98. The largest absolute Gasteiger partial charge is 0.448 e. The van der Waals surface area contributed by atoms with Crippen LogP contribution in [0.4, 0.5) is 4.79 Å². The van der Waals surface area contributed by atoms with Crippen molar-refractivity contribution in [2.45, 2.75) is 38.1 Å². The van der Waals surface area contributed by atoms with Crippen LogP contribution in [0.25, 0.3) is 11.1 Å². The Morgan fingerprint density at radius 3 is 2.37 bits per heavy atom. The Morgan fingerprint density at radius 1 is 1.11 bits per heavy atom. The van der Waals surface area contributed by atoms with Gasteiger partial charge in [-0.25, -0.2) is 9.59 Å². The van der Waals surface area contributed by atoms with Crippen molar-refractivity contribution >= 4 is 12.1 Å². The molecule has 0 N–H and O–H groups in total. The SMILES string of the molecule is CCCC[C@H]1C(=O)O[13CH2]N1C(=O)OCC1c2ccccc2-c2ccccc21. The summed E-state index contributed by atoms with van der Waals surface area (Å²) in [6.07, 6.45) is 1.96. The number of esters is 1. The standard InChI is InChI=1S/C22H23NO4/c1-2-3-12-20-21(24)27-14-23(20)22(25)26-13-19-17-10-6-4-8-15(17)16-9-5-7-11-18(16)19/h4-11,19-20H,2-3,12-14H2,1H3/t20-/m0/s1/i14+1. The van der Waals surface area contributed by atoms with Crippen LogP contribution in [-0.4, -0.2) is 36.3 Å². The van der Waals surface area contributed by atoms with Crippen LogP contribution in [0.15, 0.2) is 48.5 Å². The van der Waals surface area contributed by atoms with E-state index in [1.807, 2.05) is 24.3 Å². The Kier molecular flexibility index (Phi) is 4.84. The van der Waals surface area contributed by atoms with E-state index in [0.717, 1.165) is 12.8 Å². The second-order valence-corrected chi connectivity index (χ2v) is 7.02. The Balaban J connectivity index is 1.49. The average Bonchev–Trinajstić information content (AvgIpc) is 3.22. The molecule has 0 spiro atoms. The molecule has 0 saturated carbocycles. The van der Waals surface area contributed by atoms with Crippen molar-refractivity contribution in [3.05, 3.63) is 59.7 Å². The van der Waals surface area contributed by atoms with E-state index in [1.165, 1.54) is 27.2 Å². The molecule has 4 rings (SSSR count). The van der Waals surface area contributed by atoms with Crippen LogP contribution >= 0.6 is 0 Å². The van der Waals surface area contributed by atoms with E-state index in [0.29, 0.717) is 6.42 Å². The monoisotopic (exact) mass is 366 g/mol. The fourth-order valence-corrected chi connectivity index (χ4v) is 3.97. The summed E-state index contributed by atoms with van der Waals surface area (Å²) in [6.45, 7) is 2.28. The summed E-state index contributed by atoms with van der Waals surface area (Å²) in [6, 6.07) is 15.9. The van der Waals surface area contributed by atoms with Gasteiger partial charge in [0.15, 0.2) is 6.73 Å². The Hall–Kier alpha value is -2.82. The Labute approximate surface area is 158 Å². The number of carbonyl (C=O) groups excluding carboxylic acids is 2. The highest BCUT2D eigenvalue weighted by Gasteiger charge is 2.39. The second-order valence-electron chi connectivity index (χ2n) is 7.02. The van der Waals surface area contributed by atoms with Gasteiger partial charge < -0.3 is 9.47 Å². The van der Waals surface area contributed by atoms with Gasteiger partial charge in [-0.3, -0.25) is 4.90 Å². The lowest BCUT2D eigenvalue weighted by Gasteiger charge is -2.21. The third-order valence-corrected chi connectivity index (χ3v) is 5.40. The number of carbonyl (C=O) groups is 2. The smallest absolute Gasteiger partial charge is 0.413 e. The molecule has 0 unspecified atom stereocenters. The summed E-state index contributed by atoms with van der Waals surface area (Å²) in [4.78, 5) is 25.9. The molecular formula is C22H23NO4. The van der Waals surface area contributed by atoms with E-state index in [4.69, 9.17) is 9.47 Å². The zero-order valence-corrected chi connectivity index (χ0v) is 15.4. The first-order valence-corrected chi connectivity index (χ1v) is 9.49. The van der Waals surface area contributed by atoms with E-state index < -0.39 is 12.1 Å². The van der Waals surface area contributed by atoms with Crippen molar-refractivity contribution in [3.8, 4) is 11.1 Å². The molecule has 5 nitrogen and oxygen atoms in total. The molecule has 2 aromatic rings. The molecule has 1 atom stereocenters. The zero-order valence-electron chi connectivity index (χ0n) is 15.4. The maximum Gasteiger partial charge on any atom is 0.413 e. The number of ether oxygens (including phenoxy) is 2. The van der Waals surface area contributed by atoms with Crippen molar-refractivity contribution in [2.75, 3.05) is 13.3 Å². The van der Waals surface area contributed by atoms with Crippen LogP contribution in [0.5, 0.6) is 0 Å². The van der Waals surface area contributed by atoms with Gasteiger partial charge >= 0.3 is 12.1 Å². The van der Waals surface area contributed by atoms with Crippen molar-refractivity contribution in [1.82, 2.24) is 4.90 Å². The molecule has 1 aliphatic heterocycles. The van der Waals surface area contributed by atoms with Gasteiger partial charge in [0.25, 0.3) is 0 Å². The minimum atomic E-state index is -0.527. The van der Waals surface area contributed by atoms with Crippen LogP contribution < -0.4 is 0 Å². The molecule has 1 fully saturated rings. The third kappa shape index (κ3) is 3.18. The Bertz CT molecular complexity index is 817. The molecule has 27 heavy (non-hydrogen) atoms. The molecule has 5 heteroatoms. The number of hydrogen-bond acceptors (Lipinski definition) is 4. The normalized spacial score (nSPS) is 18.2. The number of benzene rings is 2. The molecule has 0 bridgehead atoms. The highest BCUT2D eigenvalue weighted by atomic mass is 16.6. The van der Waals surface area contributed by atoms with Crippen molar-refractivity contribution in [2.24, 2.45) is 0 Å². The minimum Gasteiger partial charge on any atom is -0.448 e. The first kappa shape index (κ1) is 17.6. The van der Waals surface area contributed by atoms with Gasteiger partial charge in [0.1, 0.15) is 12.6 Å². The highest BCUT2D eigenvalue weighted by molar-refractivity contribution is 5.84. The van der Waals surface area contributed by atoms with Crippen LogP contribution in [0, 0.1) is 0 Å². The molecule has 2 aliphatic rings. The maximum absolute atomic E-state index is 12.6. The van der Waals surface area contributed by atoms with Crippen molar-refractivity contribution in [1.29, 1.82) is 0 Å². The Morgan fingerprint density at radius 2 is 1.74 bits per heavy atom. The van der Waals surface area contributed by atoms with E-state index in [2.05, 4.69) is 31.2 Å². The van der Waals surface area contributed by atoms with E-state index in [1.54, 1.807) is 0 Å². The lowest BCUT2D eigenvalue weighted by molar-refractivity contribution is -0.139. The molecular weight excluding hydrogens is 343 g/mol. The van der Waals surface area contributed by atoms with Crippen LogP contribution in [0.3, 0.4) is 0 Å². The molecule has 1 saturated heterocycles. The van der Waals surface area contributed by atoms with Gasteiger partial charge in [-0.2, -0.15) is 0 Å². The fourth-order valence-electron chi connectivity index (χ4n) is 3.97. The van der Waals surface area contributed by atoms with Gasteiger partial charge in [-0.05, 0) is 28.7 Å². The first-order chi connectivity index (χ1) is 13.2. The molecule has 1 amide bonds. The summed E-state index contributed by atoms with van der Waals surface area (Å²) < 4.78 is 10.7. The number of unbranched alkanes of at least 4 members (excludes halogenated alkanes) is 1. The van der Waals surface area contributed by atoms with Gasteiger partial charge in [0.2, 0.25) is 0 Å². The van der Waals surface area contributed by atoms with Crippen LogP contribution in [0.2, 0.25) is 0 Å². The lowest BCUT2D eigenvalue weighted by Crippen LogP contribution is -2.39. The number of fused-ring (bicyclic) bond motifs is 3. The van der Waals surface area contributed by atoms with Crippen LogP contribution in [0.1, 0.15) is 43.2 Å². The van der Waals surface area contributed by atoms with Gasteiger partial charge in [-0.1, -0.05) is 68.3 Å². The first-order valence-electron chi connectivity index (χ1n) is 9.49. The third-order valence-electron chi connectivity index (χ3n) is 5.40. The fraction of sp³-hybridized carbons (Fsp3) is 0.364. The molecule has 2 aromatic carbocycles. The molecule has 1 aliphatic carbocycles. The number of rotatable bonds is 5. The summed E-state index contributed by atoms with van der Waals surface area (Å²) in [5.74, 6) is -0.327. The quantitative estimate of drug-likeness (QED) is 0.584. The van der Waals surface area contributed by atoms with E-state index in [9.17, 15) is 9.59 Å². The topological polar surface area (TPSA) is 55.8 Å². The zero-order chi connectivity index (χ0) is 18.8. The summed E-state index contributed by atoms with van der Waals surface area (Å²) in [5, 5.41) is 0. The van der Waals surface area contributed by atoms with Crippen molar-refractivity contribution < 1.29 is 19.1 Å². The predicted octanol–water partition coefficient (Wildman–Crippen LogP) is 4.31. The minimum absolute atomic E-state index is 0.00895. The predicted molar refractivity (Wildman–Crippen MR) is 101 cm³/mol. The molecule has 140 valence electrons. The summed E-state index contributed by atoms with van der Waals surface area (Å²) in [7, 11) is 0. The number of cyclic esters (lactones) is 1. The maximum atomic E-state index is 12.6. The van der Waals surface area contributed by atoms with Crippen molar-refractivity contribution in [3.63, 3.8) is 0 Å². The van der Waals surface area contributed by atoms with Gasteiger partial charge in [-0.15, -0.1) is 0 Å². The van der Waals surface area contributed by atoms with Crippen LogP contribution in [-0.2, 0) is 14.3 Å². The summed E-state index contributed by atoms with van der Waals surface area (Å²) in [5.41, 5.74) is 4.72. The second kappa shape index (κ2) is 7.43. The summed E-state index contributed by atoms with van der Waals surface area (Å²) >= 11 is 0.